The van der Waals surface area contributed by atoms with E-state index in [9.17, 15) is 0 Å². The van der Waals surface area contributed by atoms with Crippen molar-refractivity contribution in [1.29, 1.82) is 0 Å². The van der Waals surface area contributed by atoms with Crippen LogP contribution in [0.3, 0.4) is 0 Å². The van der Waals surface area contributed by atoms with Crippen LogP contribution in [0.2, 0.25) is 0 Å². The van der Waals surface area contributed by atoms with Gasteiger partial charge in [0.05, 0.1) is 0 Å². The Bertz CT molecular complexity index is 116. The molecular formula is C3Cf2O9. The summed E-state index contributed by atoms with van der Waals surface area (Å²) in [5.41, 5.74) is 0. The van der Waals surface area contributed by atoms with E-state index in [0.717, 1.165) is 0 Å². The Morgan fingerprint density at radius 1 is 0.500 bits per heavy atom. The van der Waals surface area contributed by atoms with Crippen LogP contribution in [0, 0.1) is 0 Å². The molecule has 0 aliphatic heterocycles. The predicted molar refractivity (Wildman–Crippen MR) is 16.2 cm³/mol. The minimum atomic E-state index is -2.33. The van der Waals surface area contributed by atoms with Gasteiger partial charge in [-0.2, -0.15) is 0 Å². The van der Waals surface area contributed by atoms with Crippen molar-refractivity contribution in [2.75, 3.05) is 0 Å². The van der Waals surface area contributed by atoms with E-state index in [2.05, 4.69) is 0 Å². The molecule has 0 fully saturated rings. The summed E-state index contributed by atoms with van der Waals surface area (Å²) < 4.78 is 0. The summed E-state index contributed by atoms with van der Waals surface area (Å²) >= 11 is 0. The first-order chi connectivity index (χ1) is 5.20. The van der Waals surface area contributed by atoms with Crippen molar-refractivity contribution in [2.24, 2.45) is 0 Å². The van der Waals surface area contributed by atoms with E-state index in [1.807, 2.05) is 0 Å². The summed E-state index contributed by atoms with van der Waals surface area (Å²) in [6.07, 6.45) is -7.00. The van der Waals surface area contributed by atoms with Gasteiger partial charge in [-0.15, -0.1) is 0 Å². The fraction of sp³-hybridized carbons (Fsp3) is 0. The van der Waals surface area contributed by atoms with Gasteiger partial charge in [0.25, 0.3) is 0 Å². The molecule has 0 aromatic carbocycles. The number of hydrogen-bond acceptors (Lipinski definition) is 9. The molecule has 0 N–H and O–H groups in total. The van der Waals surface area contributed by atoms with Gasteiger partial charge in [0.2, 0.25) is 0 Å². The third-order valence-electron chi connectivity index (χ3n) is 0. The maximum Gasteiger partial charge on any atom is 3.00 e. The summed E-state index contributed by atoms with van der Waals surface area (Å²) in [5.74, 6) is 0. The summed E-state index contributed by atoms with van der Waals surface area (Å²) in [6, 6.07) is 0. The number of carboxylic acid groups (broad SMARTS) is 6. The van der Waals surface area contributed by atoms with Crippen LogP contribution >= 0.6 is 0 Å². The molecular weight excluding hydrogens is 682 g/mol. The zero-order chi connectivity index (χ0) is 10.7. The Hall–Kier alpha value is -4.19. The first-order valence-corrected chi connectivity index (χ1v) is 1.84. The molecule has 0 aromatic rings. The van der Waals surface area contributed by atoms with Crippen LogP contribution in [0.1, 0.15) is 0 Å². The second-order valence-electron chi connectivity index (χ2n) is 0.750. The molecule has 86 valence electrons. The van der Waals surface area contributed by atoms with Crippen LogP contribution in [-0.2, 0) is 0 Å². The van der Waals surface area contributed by atoms with Crippen molar-refractivity contribution < 1.29 is 45.0 Å². The molecule has 0 rings (SSSR count). The Kier molecular flexibility index (Phi) is 54.6. The summed E-state index contributed by atoms with van der Waals surface area (Å²) in [6.45, 7) is 0. The Morgan fingerprint density at radius 3 is 0.500 bits per heavy atom. The van der Waals surface area contributed by atoms with Gasteiger partial charge in [0, 0.05) is 0 Å². The van der Waals surface area contributed by atoms with Crippen LogP contribution in [0.5, 0.6) is 0 Å². The quantitative estimate of drug-likeness (QED) is 0.239. The largest absolute Gasteiger partial charge is 3.00 e. The van der Waals surface area contributed by atoms with Crippen molar-refractivity contribution in [1.82, 2.24) is 0 Å². The van der Waals surface area contributed by atoms with E-state index in [0.29, 0.717) is 0 Å². The molecule has 0 spiro atoms. The van der Waals surface area contributed by atoms with Crippen LogP contribution in [0.25, 0.3) is 0 Å². The van der Waals surface area contributed by atoms with E-state index in [4.69, 9.17) is 45.0 Å². The monoisotopic (exact) mass is 678 g/mol. The van der Waals surface area contributed by atoms with Gasteiger partial charge in [0.15, 0.2) is 0 Å². The smallest absolute Gasteiger partial charge is 0.652 e. The minimum Gasteiger partial charge on any atom is -0.652 e. The van der Waals surface area contributed by atoms with E-state index in [1.165, 1.54) is 0 Å². The van der Waals surface area contributed by atoms with Gasteiger partial charge in [-0.1, -0.05) is 0 Å². The second-order valence-corrected chi connectivity index (χ2v) is 0.750. The van der Waals surface area contributed by atoms with E-state index < -0.39 is 18.5 Å². The van der Waals surface area contributed by atoms with Gasteiger partial charge in [-0.05, 0) is 18.5 Å². The molecule has 9 nitrogen and oxygen atoms in total. The topological polar surface area (TPSA) is 190 Å². The van der Waals surface area contributed by atoms with Crippen LogP contribution < -0.4 is 30.6 Å². The minimum absolute atomic E-state index is 0. The van der Waals surface area contributed by atoms with Crippen LogP contribution in [-0.4, -0.2) is 18.5 Å². The molecule has 2 radical (unpaired) electrons. The van der Waals surface area contributed by atoms with Crippen molar-refractivity contribution in [3.63, 3.8) is 0 Å². The van der Waals surface area contributed by atoms with Gasteiger partial charge in [-0.3, -0.25) is 0 Å². The summed E-state index contributed by atoms with van der Waals surface area (Å²) in [4.78, 5) is 25.0. The van der Waals surface area contributed by atoms with Crippen molar-refractivity contribution >= 4 is 18.5 Å². The first-order valence-electron chi connectivity index (χ1n) is 1.84. The maximum atomic E-state index is 8.33. The van der Waals surface area contributed by atoms with Crippen molar-refractivity contribution in [3.8, 4) is 0 Å². The molecule has 0 saturated heterocycles. The van der Waals surface area contributed by atoms with E-state index >= 15 is 0 Å². The van der Waals surface area contributed by atoms with E-state index in [1.54, 1.807) is 0 Å². The molecule has 0 unspecified atom stereocenters. The van der Waals surface area contributed by atoms with Crippen LogP contribution in [0.4, 0.5) is 14.4 Å². The molecule has 0 aliphatic carbocycles. The molecule has 0 aliphatic rings. The Morgan fingerprint density at radius 2 is 0.500 bits per heavy atom. The number of carbonyl (C=O) groups excluding carboxylic acids is 3. The molecule has 14 heavy (non-hydrogen) atoms. The number of hydrogen-bond donors (Lipinski definition) is 0. The molecule has 0 atom stereocenters. The second kappa shape index (κ2) is 23.2. The number of carbonyl (C=O) groups is 3. The SMILES string of the molecule is O=C([O-])[O-].O=C([O-])[O-].O=C([O-])[O-].[Cf+3].[Cf+3]. The van der Waals surface area contributed by atoms with Gasteiger partial charge in [-0.25, -0.2) is 0 Å². The summed E-state index contributed by atoms with van der Waals surface area (Å²) in [5, 5.41) is 50.0. The predicted octanol–water partition coefficient (Wildman–Crippen LogP) is -7.34. The average Bonchev–Trinajstić information content (AvgIpc) is 1.54. The average molecular weight is 682 g/mol. The normalized spacial score (nSPS) is 5.14. The Labute approximate surface area is 64.7 Å². The van der Waals surface area contributed by atoms with Crippen LogP contribution in [0.15, 0.2) is 0 Å². The van der Waals surface area contributed by atoms with E-state index in [-0.39, 0.29) is 0 Å². The molecule has 0 bridgehead atoms. The molecule has 0 saturated carbocycles. The fourth-order valence-corrected chi connectivity index (χ4v) is 0. The molecule has 0 heterocycles. The first kappa shape index (κ1) is 32.9. The molecule has 11 heteroatoms. The third-order valence-corrected chi connectivity index (χ3v) is 0. The molecule has 0 amide bonds. The molecule has 0 aromatic heterocycles. The zero-order valence-electron chi connectivity index (χ0n) is 5.81. The third kappa shape index (κ3) is 20.6. The van der Waals surface area contributed by atoms with Crippen molar-refractivity contribution in [3.05, 3.63) is 0 Å². The van der Waals surface area contributed by atoms with Gasteiger partial charge in [0.1, 0.15) is 0 Å². The number of rotatable bonds is 0. The van der Waals surface area contributed by atoms with Gasteiger partial charge >= 0.3 is 0 Å². The summed E-state index contributed by atoms with van der Waals surface area (Å²) in [7, 11) is 0. The standard InChI is InChI=1S/3CH2O3.2Cf/c3*2-1(3)4;;/h3*(H2,2,3,4);;/q;;;2*+3/p-6. The van der Waals surface area contributed by atoms with Gasteiger partial charge < -0.3 is 45.0 Å². The Balaban J connectivity index is -0.0000000270. The fourth-order valence-electron chi connectivity index (χ4n) is 0. The zero-order valence-corrected chi connectivity index (χ0v) is 11.1. The van der Waals surface area contributed by atoms with Crippen molar-refractivity contribution in [2.45, 2.75) is 0 Å². The maximum absolute atomic E-state index is 8.33.